The lowest BCUT2D eigenvalue weighted by Crippen LogP contribution is -2.09. The maximum atomic E-state index is 9.77. The van der Waals surface area contributed by atoms with Crippen molar-refractivity contribution in [1.82, 2.24) is 4.57 Å². The molecule has 0 unspecified atom stereocenters. The Kier molecular flexibility index (Phi) is 3.30. The van der Waals surface area contributed by atoms with Crippen LogP contribution in [-0.2, 0) is 13.5 Å². The highest BCUT2D eigenvalue weighted by Gasteiger charge is 2.05. The van der Waals surface area contributed by atoms with Crippen LogP contribution in [0.25, 0.3) is 10.9 Å². The van der Waals surface area contributed by atoms with E-state index >= 15 is 0 Å². The van der Waals surface area contributed by atoms with Gasteiger partial charge in [-0.2, -0.15) is 0 Å². The Morgan fingerprint density at radius 1 is 1.31 bits per heavy atom. The molecule has 0 radical (unpaired) electrons. The Hall–Kier alpha value is -1.28. The first-order chi connectivity index (χ1) is 7.70. The van der Waals surface area contributed by atoms with Gasteiger partial charge in [0.1, 0.15) is 0 Å². The number of benzene rings is 1. The predicted octanol–water partition coefficient (Wildman–Crippen LogP) is 2.88. The number of aromatic nitrogens is 1. The van der Waals surface area contributed by atoms with E-state index < -0.39 is 0 Å². The minimum absolute atomic E-state index is 0.203. The Labute approximate surface area is 96.5 Å². The fourth-order valence-corrected chi connectivity index (χ4v) is 2.17. The molecule has 0 fully saturated rings. The molecular weight excluding hydrogens is 198 g/mol. The van der Waals surface area contributed by atoms with Crippen molar-refractivity contribution in [3.63, 3.8) is 0 Å². The van der Waals surface area contributed by atoms with Gasteiger partial charge in [0.15, 0.2) is 0 Å². The van der Waals surface area contributed by atoms with Crippen LogP contribution in [0.2, 0.25) is 0 Å². The number of aliphatic hydroxyl groups is 1. The van der Waals surface area contributed by atoms with Crippen molar-refractivity contribution in [1.29, 1.82) is 0 Å². The summed E-state index contributed by atoms with van der Waals surface area (Å²) in [6.07, 6.45) is 4.54. The van der Waals surface area contributed by atoms with Gasteiger partial charge in [-0.05, 0) is 42.0 Å². The van der Waals surface area contributed by atoms with Crippen molar-refractivity contribution >= 4 is 10.9 Å². The van der Waals surface area contributed by atoms with Crippen LogP contribution in [-0.4, -0.2) is 15.8 Å². The minimum atomic E-state index is -0.203. The summed E-state index contributed by atoms with van der Waals surface area (Å²) in [7, 11) is 2.05. The van der Waals surface area contributed by atoms with Crippen LogP contribution in [0.4, 0.5) is 0 Å². The number of hydrogen-bond donors (Lipinski definition) is 1. The summed E-state index contributed by atoms with van der Waals surface area (Å²) in [6.45, 7) is 2.10. The third kappa shape index (κ3) is 2.27. The molecule has 1 heterocycles. The van der Waals surface area contributed by atoms with Crippen molar-refractivity contribution in [2.75, 3.05) is 0 Å². The number of nitrogens with zero attached hydrogens (tertiary/aromatic N) is 1. The second-order valence-electron chi connectivity index (χ2n) is 4.47. The Balaban J connectivity index is 2.19. The normalized spacial score (nSPS) is 13.2. The molecule has 1 atom stereocenters. The van der Waals surface area contributed by atoms with Gasteiger partial charge in [0.25, 0.3) is 0 Å². The highest BCUT2D eigenvalue weighted by molar-refractivity contribution is 5.80. The van der Waals surface area contributed by atoms with Crippen LogP contribution >= 0.6 is 0 Å². The third-order valence-electron chi connectivity index (χ3n) is 3.04. The molecule has 2 aromatic rings. The van der Waals surface area contributed by atoms with Gasteiger partial charge in [0, 0.05) is 18.8 Å². The van der Waals surface area contributed by atoms with E-state index in [0.29, 0.717) is 0 Å². The van der Waals surface area contributed by atoms with E-state index in [2.05, 4.69) is 42.0 Å². The summed E-state index contributed by atoms with van der Waals surface area (Å²) in [5.74, 6) is 0. The fraction of sp³-hybridized carbons (Fsp3) is 0.429. The zero-order valence-electron chi connectivity index (χ0n) is 9.98. The van der Waals surface area contributed by atoms with Crippen LogP contribution in [0.3, 0.4) is 0 Å². The molecule has 0 saturated heterocycles. The van der Waals surface area contributed by atoms with Crippen molar-refractivity contribution in [3.8, 4) is 0 Å². The minimum Gasteiger partial charge on any atom is -0.393 e. The molecule has 0 aliphatic rings. The summed E-state index contributed by atoms with van der Waals surface area (Å²) in [6, 6.07) is 8.53. The van der Waals surface area contributed by atoms with E-state index in [0.717, 1.165) is 19.3 Å². The second kappa shape index (κ2) is 4.71. The Morgan fingerprint density at radius 2 is 2.12 bits per heavy atom. The smallest absolute Gasteiger partial charge is 0.0580 e. The molecule has 0 amide bonds. The summed E-state index contributed by atoms with van der Waals surface area (Å²) in [5.41, 5.74) is 2.47. The lowest BCUT2D eigenvalue weighted by atomic mass is 10.0. The Bertz CT molecular complexity index is 473. The predicted molar refractivity (Wildman–Crippen MR) is 67.5 cm³/mol. The van der Waals surface area contributed by atoms with Gasteiger partial charge in [-0.3, -0.25) is 0 Å². The Morgan fingerprint density at radius 3 is 2.88 bits per heavy atom. The van der Waals surface area contributed by atoms with Crippen LogP contribution in [0.15, 0.2) is 30.5 Å². The maximum Gasteiger partial charge on any atom is 0.0580 e. The van der Waals surface area contributed by atoms with Gasteiger partial charge in [0.2, 0.25) is 0 Å². The van der Waals surface area contributed by atoms with E-state index in [9.17, 15) is 5.11 Å². The molecule has 1 aromatic carbocycles. The number of aliphatic hydroxyl groups excluding tert-OH is 1. The molecule has 1 N–H and O–H groups in total. The van der Waals surface area contributed by atoms with Crippen LogP contribution in [0.5, 0.6) is 0 Å². The van der Waals surface area contributed by atoms with Gasteiger partial charge in [0.05, 0.1) is 6.10 Å². The van der Waals surface area contributed by atoms with E-state index in [1.807, 2.05) is 7.05 Å². The SMILES string of the molecule is CCC[C@H](O)Cc1ccc2c(ccn2C)c1. The lowest BCUT2D eigenvalue weighted by Gasteiger charge is -2.09. The molecule has 1 aromatic heterocycles. The van der Waals surface area contributed by atoms with Crippen LogP contribution in [0.1, 0.15) is 25.3 Å². The summed E-state index contributed by atoms with van der Waals surface area (Å²) in [4.78, 5) is 0. The monoisotopic (exact) mass is 217 g/mol. The quantitative estimate of drug-likeness (QED) is 0.837. The summed E-state index contributed by atoms with van der Waals surface area (Å²) in [5, 5.41) is 11.0. The number of hydrogen-bond acceptors (Lipinski definition) is 1. The molecule has 0 bridgehead atoms. The molecule has 0 aliphatic heterocycles. The van der Waals surface area contributed by atoms with Crippen molar-refractivity contribution in [2.24, 2.45) is 7.05 Å². The molecule has 2 nitrogen and oxygen atoms in total. The number of rotatable bonds is 4. The van der Waals surface area contributed by atoms with E-state index in [1.54, 1.807) is 0 Å². The molecule has 0 spiro atoms. The first-order valence-electron chi connectivity index (χ1n) is 5.92. The molecule has 0 saturated carbocycles. The van der Waals surface area contributed by atoms with Crippen LogP contribution in [0, 0.1) is 0 Å². The molecule has 86 valence electrons. The van der Waals surface area contributed by atoms with Crippen molar-refractivity contribution in [2.45, 2.75) is 32.3 Å². The number of aryl methyl sites for hydroxylation is 1. The highest BCUT2D eigenvalue weighted by atomic mass is 16.3. The summed E-state index contributed by atoms with van der Waals surface area (Å²) < 4.78 is 2.11. The molecule has 16 heavy (non-hydrogen) atoms. The highest BCUT2D eigenvalue weighted by Crippen LogP contribution is 2.18. The van der Waals surface area contributed by atoms with E-state index in [4.69, 9.17) is 0 Å². The second-order valence-corrected chi connectivity index (χ2v) is 4.47. The zero-order valence-corrected chi connectivity index (χ0v) is 9.98. The maximum absolute atomic E-state index is 9.77. The van der Waals surface area contributed by atoms with Gasteiger partial charge in [-0.25, -0.2) is 0 Å². The standard InChI is InChI=1S/C14H19NO/c1-3-4-13(16)10-11-5-6-14-12(9-11)7-8-15(14)2/h5-9,13,16H,3-4,10H2,1-2H3/t13-/m0/s1. The van der Waals surface area contributed by atoms with Crippen molar-refractivity contribution in [3.05, 3.63) is 36.0 Å². The molecule has 2 heteroatoms. The van der Waals surface area contributed by atoms with Gasteiger partial charge < -0.3 is 9.67 Å². The van der Waals surface area contributed by atoms with Crippen molar-refractivity contribution < 1.29 is 5.11 Å². The van der Waals surface area contributed by atoms with Gasteiger partial charge in [-0.1, -0.05) is 19.4 Å². The molecular formula is C14H19NO. The van der Waals surface area contributed by atoms with Gasteiger partial charge in [-0.15, -0.1) is 0 Å². The third-order valence-corrected chi connectivity index (χ3v) is 3.04. The summed E-state index contributed by atoms with van der Waals surface area (Å²) >= 11 is 0. The first kappa shape index (κ1) is 11.2. The largest absolute Gasteiger partial charge is 0.393 e. The fourth-order valence-electron chi connectivity index (χ4n) is 2.17. The average Bonchev–Trinajstić information content (AvgIpc) is 2.60. The van der Waals surface area contributed by atoms with Gasteiger partial charge >= 0.3 is 0 Å². The molecule has 2 rings (SSSR count). The lowest BCUT2D eigenvalue weighted by molar-refractivity contribution is 0.164. The topological polar surface area (TPSA) is 25.2 Å². The zero-order chi connectivity index (χ0) is 11.5. The average molecular weight is 217 g/mol. The van der Waals surface area contributed by atoms with E-state index in [-0.39, 0.29) is 6.10 Å². The molecule has 0 aliphatic carbocycles. The number of fused-ring (bicyclic) bond motifs is 1. The van der Waals surface area contributed by atoms with Crippen LogP contribution < -0.4 is 0 Å². The van der Waals surface area contributed by atoms with E-state index in [1.165, 1.54) is 16.5 Å². The first-order valence-corrected chi connectivity index (χ1v) is 5.92.